The lowest BCUT2D eigenvalue weighted by Gasteiger charge is -2.43. The number of aliphatic hydroxyl groups is 3. The number of hydrogen-bond acceptors (Lipinski definition) is 9. The third-order valence-corrected chi connectivity index (χ3v) is 11.5. The molecule has 9 nitrogen and oxygen atoms in total. The van der Waals surface area contributed by atoms with Gasteiger partial charge in [-0.05, 0) is 94.1 Å². The Morgan fingerprint density at radius 2 is 1.44 bits per heavy atom. The minimum atomic E-state index is -1.97. The SMILES string of the molecule is C[C@H]1CCC2=C(CC[C@]3(O)C(=O)O[C@@H]4[C@H]3CC[C@H](C)[C@]3(O)C=CC(=O)[C@@]43C)C(=O)O[C@H]2[C@]2(C)C(=O)C=C[C@@]12O. The van der Waals surface area contributed by atoms with Gasteiger partial charge in [-0.3, -0.25) is 9.59 Å². The van der Waals surface area contributed by atoms with Crippen molar-refractivity contribution >= 4 is 23.5 Å². The van der Waals surface area contributed by atoms with E-state index in [2.05, 4.69) is 0 Å². The number of fused-ring (bicyclic) bond motifs is 6. The maximum atomic E-state index is 13.2. The first-order valence-electron chi connectivity index (χ1n) is 13.9. The summed E-state index contributed by atoms with van der Waals surface area (Å²) < 4.78 is 11.5. The van der Waals surface area contributed by atoms with Gasteiger partial charge in [-0.2, -0.15) is 0 Å². The molecule has 210 valence electrons. The van der Waals surface area contributed by atoms with Gasteiger partial charge in [0.05, 0.1) is 5.41 Å². The number of ketones is 2. The number of carbonyl (C=O) groups is 4. The zero-order valence-corrected chi connectivity index (χ0v) is 22.7. The molecule has 0 unspecified atom stereocenters. The molecular weight excluding hydrogens is 504 g/mol. The molecule has 1 saturated heterocycles. The molecule has 0 amide bonds. The monoisotopic (exact) mass is 540 g/mol. The van der Waals surface area contributed by atoms with Gasteiger partial charge in [0.25, 0.3) is 0 Å². The molecule has 9 heteroatoms. The number of ether oxygens (including phenoxy) is 2. The Morgan fingerprint density at radius 3 is 2.10 bits per heavy atom. The summed E-state index contributed by atoms with van der Waals surface area (Å²) in [5, 5.41) is 34.9. The van der Waals surface area contributed by atoms with Gasteiger partial charge in [0, 0.05) is 11.5 Å². The van der Waals surface area contributed by atoms with Gasteiger partial charge in [-0.25, -0.2) is 9.59 Å². The average molecular weight is 541 g/mol. The summed E-state index contributed by atoms with van der Waals surface area (Å²) >= 11 is 0. The lowest BCUT2D eigenvalue weighted by Crippen LogP contribution is -2.57. The Hall–Kier alpha value is -2.62. The zero-order chi connectivity index (χ0) is 28.3. The lowest BCUT2D eigenvalue weighted by molar-refractivity contribution is -0.169. The molecule has 6 aliphatic rings. The van der Waals surface area contributed by atoms with Crippen molar-refractivity contribution in [3.63, 3.8) is 0 Å². The highest BCUT2D eigenvalue weighted by atomic mass is 16.6. The normalized spacial score (nSPS) is 50.3. The highest BCUT2D eigenvalue weighted by molar-refractivity contribution is 6.02. The molecule has 0 aromatic carbocycles. The Kier molecular flexibility index (Phi) is 5.44. The summed E-state index contributed by atoms with van der Waals surface area (Å²) in [6.07, 6.45) is 5.38. The van der Waals surface area contributed by atoms with E-state index in [-0.39, 0.29) is 36.2 Å². The van der Waals surface area contributed by atoms with E-state index in [0.29, 0.717) is 36.8 Å². The molecule has 0 radical (unpaired) electrons. The largest absolute Gasteiger partial charge is 0.459 e. The summed E-state index contributed by atoms with van der Waals surface area (Å²) in [5.41, 5.74) is -6.80. The molecule has 3 N–H and O–H groups in total. The minimum Gasteiger partial charge on any atom is -0.459 e. The molecule has 0 aromatic heterocycles. The van der Waals surface area contributed by atoms with E-state index in [0.717, 1.165) is 0 Å². The quantitative estimate of drug-likeness (QED) is 0.456. The second-order valence-electron chi connectivity index (χ2n) is 13.0. The van der Waals surface area contributed by atoms with Gasteiger partial charge in [0.2, 0.25) is 0 Å². The number of esters is 2. The number of rotatable bonds is 3. The Labute approximate surface area is 226 Å². The van der Waals surface area contributed by atoms with Crippen LogP contribution in [-0.4, -0.2) is 67.8 Å². The fourth-order valence-electron chi connectivity index (χ4n) is 8.56. The maximum absolute atomic E-state index is 13.2. The van der Waals surface area contributed by atoms with E-state index < -0.39 is 57.7 Å². The van der Waals surface area contributed by atoms with Crippen molar-refractivity contribution in [2.45, 2.75) is 95.2 Å². The van der Waals surface area contributed by atoms with Crippen molar-refractivity contribution in [1.29, 1.82) is 0 Å². The van der Waals surface area contributed by atoms with Gasteiger partial charge in [-0.15, -0.1) is 0 Å². The molecule has 4 aliphatic carbocycles. The van der Waals surface area contributed by atoms with Gasteiger partial charge in [0.15, 0.2) is 17.2 Å². The lowest BCUT2D eigenvalue weighted by atomic mass is 9.63. The fraction of sp³-hybridized carbons (Fsp3) is 0.667. The highest BCUT2D eigenvalue weighted by Gasteiger charge is 2.71. The van der Waals surface area contributed by atoms with Crippen LogP contribution in [0.1, 0.15) is 66.2 Å². The van der Waals surface area contributed by atoms with Gasteiger partial charge in [0.1, 0.15) is 28.8 Å². The molecular formula is C30H36O9. The van der Waals surface area contributed by atoms with E-state index in [4.69, 9.17) is 9.47 Å². The summed E-state index contributed by atoms with van der Waals surface area (Å²) in [6.45, 7) is 6.94. The molecule has 3 fully saturated rings. The Morgan fingerprint density at radius 1 is 0.846 bits per heavy atom. The van der Waals surface area contributed by atoms with Crippen LogP contribution in [0.4, 0.5) is 0 Å². The molecule has 6 rings (SSSR count). The molecule has 0 bridgehead atoms. The zero-order valence-electron chi connectivity index (χ0n) is 22.7. The smallest absolute Gasteiger partial charge is 0.338 e. The highest BCUT2D eigenvalue weighted by Crippen LogP contribution is 2.59. The first kappa shape index (κ1) is 26.6. The topological polar surface area (TPSA) is 147 Å². The summed E-state index contributed by atoms with van der Waals surface area (Å²) in [7, 11) is 0. The molecule has 2 aliphatic heterocycles. The van der Waals surface area contributed by atoms with Crippen molar-refractivity contribution in [3.05, 3.63) is 35.5 Å². The van der Waals surface area contributed by atoms with Crippen molar-refractivity contribution in [2.24, 2.45) is 28.6 Å². The summed E-state index contributed by atoms with van der Waals surface area (Å²) in [6, 6.07) is 0. The predicted octanol–water partition coefficient (Wildman–Crippen LogP) is 1.87. The molecule has 2 heterocycles. The molecule has 10 atom stereocenters. The third-order valence-electron chi connectivity index (χ3n) is 11.5. The van der Waals surface area contributed by atoms with Crippen molar-refractivity contribution in [3.8, 4) is 0 Å². The van der Waals surface area contributed by atoms with Crippen LogP contribution in [0.15, 0.2) is 35.5 Å². The standard InChI is InChI=1S/C30H36O9/c1-15-5-7-17-18(24(33)38-22(17)26(3)20(31)10-13-29(15,26)36)9-12-28(35)19-8-6-16(2)30(37)14-11-21(32)27(30,4)23(19)39-25(28)34/h10-11,13-16,19,22-23,35-37H,5-9,12H2,1-4H3/t15-,16-,19+,22+,23+,26-,27-,28+,29+,30+/m0/s1. The van der Waals surface area contributed by atoms with Crippen molar-refractivity contribution in [2.75, 3.05) is 0 Å². The van der Waals surface area contributed by atoms with E-state index >= 15 is 0 Å². The van der Waals surface area contributed by atoms with Crippen LogP contribution in [0.3, 0.4) is 0 Å². The summed E-state index contributed by atoms with van der Waals surface area (Å²) in [4.78, 5) is 52.5. The van der Waals surface area contributed by atoms with Crippen molar-refractivity contribution < 1.29 is 44.0 Å². The van der Waals surface area contributed by atoms with Crippen LogP contribution in [-0.2, 0) is 28.7 Å². The third kappa shape index (κ3) is 2.96. The van der Waals surface area contributed by atoms with Crippen LogP contribution in [0.25, 0.3) is 0 Å². The van der Waals surface area contributed by atoms with Gasteiger partial charge in [-0.1, -0.05) is 13.8 Å². The van der Waals surface area contributed by atoms with Crippen LogP contribution in [0.2, 0.25) is 0 Å². The van der Waals surface area contributed by atoms with Gasteiger partial charge < -0.3 is 24.8 Å². The van der Waals surface area contributed by atoms with E-state index in [9.17, 15) is 34.5 Å². The second kappa shape index (κ2) is 7.98. The fourth-order valence-corrected chi connectivity index (χ4v) is 8.56. The predicted molar refractivity (Wildman–Crippen MR) is 136 cm³/mol. The van der Waals surface area contributed by atoms with E-state index in [1.54, 1.807) is 13.8 Å². The van der Waals surface area contributed by atoms with Crippen LogP contribution in [0.5, 0.6) is 0 Å². The van der Waals surface area contributed by atoms with Crippen molar-refractivity contribution in [1.82, 2.24) is 0 Å². The molecule has 0 spiro atoms. The molecule has 0 aromatic rings. The second-order valence-corrected chi connectivity index (χ2v) is 13.0. The molecule has 2 saturated carbocycles. The van der Waals surface area contributed by atoms with E-state index in [1.165, 1.54) is 24.3 Å². The van der Waals surface area contributed by atoms with Gasteiger partial charge >= 0.3 is 11.9 Å². The first-order valence-corrected chi connectivity index (χ1v) is 13.9. The summed E-state index contributed by atoms with van der Waals surface area (Å²) in [5.74, 6) is -3.46. The Bertz CT molecular complexity index is 1290. The minimum absolute atomic E-state index is 0.00667. The Balaban J connectivity index is 1.33. The molecule has 39 heavy (non-hydrogen) atoms. The average Bonchev–Trinajstić information content (AvgIpc) is 3.48. The number of allylic oxidation sites excluding steroid dienone is 2. The van der Waals surface area contributed by atoms with Crippen LogP contribution in [0, 0.1) is 28.6 Å². The van der Waals surface area contributed by atoms with E-state index in [1.807, 2.05) is 13.8 Å². The van der Waals surface area contributed by atoms with Crippen LogP contribution < -0.4 is 0 Å². The first-order chi connectivity index (χ1) is 18.2. The van der Waals surface area contributed by atoms with Crippen LogP contribution >= 0.6 is 0 Å². The number of carbonyl (C=O) groups excluding carboxylic acids is 4. The number of hydrogen-bond donors (Lipinski definition) is 3. The maximum Gasteiger partial charge on any atom is 0.338 e.